The first-order valence-electron chi connectivity index (χ1n) is 6.17. The van der Waals surface area contributed by atoms with Gasteiger partial charge in [0.2, 0.25) is 0 Å². The van der Waals surface area contributed by atoms with Crippen molar-refractivity contribution in [2.24, 2.45) is 0 Å². The summed E-state index contributed by atoms with van der Waals surface area (Å²) in [5.74, 6) is 0.936. The summed E-state index contributed by atoms with van der Waals surface area (Å²) in [6.07, 6.45) is 0. The molecule has 18 heavy (non-hydrogen) atoms. The van der Waals surface area contributed by atoms with Gasteiger partial charge in [-0.2, -0.15) is 0 Å². The number of hydrogen-bond acceptors (Lipinski definition) is 5. The molecule has 5 nitrogen and oxygen atoms in total. The number of nitrogens with zero attached hydrogens (tertiary/aromatic N) is 2. The van der Waals surface area contributed by atoms with E-state index in [4.69, 9.17) is 4.74 Å². The van der Waals surface area contributed by atoms with Crippen LogP contribution in [0.5, 0.6) is 0 Å². The molecule has 100 valence electrons. The molecular formula is C12H19N3O2S. The summed E-state index contributed by atoms with van der Waals surface area (Å²) < 4.78 is 5.30. The Balaban J connectivity index is 1.84. The van der Waals surface area contributed by atoms with E-state index in [1.165, 1.54) is 0 Å². The van der Waals surface area contributed by atoms with Crippen molar-refractivity contribution in [2.45, 2.75) is 19.0 Å². The van der Waals surface area contributed by atoms with Crippen molar-refractivity contribution in [3.05, 3.63) is 21.6 Å². The van der Waals surface area contributed by atoms with E-state index in [1.807, 2.05) is 6.92 Å². The smallest absolute Gasteiger partial charge is 0.254 e. The Hall–Kier alpha value is -0.850. The van der Waals surface area contributed by atoms with Gasteiger partial charge in [0, 0.05) is 36.6 Å². The average Bonchev–Trinajstić information content (AvgIpc) is 2.37. The van der Waals surface area contributed by atoms with Gasteiger partial charge in [-0.25, -0.2) is 4.98 Å². The fraction of sp³-hybridized carbons (Fsp3) is 0.667. The number of aromatic nitrogens is 2. The monoisotopic (exact) mass is 269 g/mol. The fourth-order valence-corrected chi connectivity index (χ4v) is 2.69. The highest BCUT2D eigenvalue weighted by molar-refractivity contribution is 7.99. The van der Waals surface area contributed by atoms with Gasteiger partial charge in [0.25, 0.3) is 5.56 Å². The highest BCUT2D eigenvalue weighted by Crippen LogP contribution is 2.12. The third-order valence-corrected chi connectivity index (χ3v) is 3.98. The highest BCUT2D eigenvalue weighted by Gasteiger charge is 2.10. The molecule has 1 fully saturated rings. The van der Waals surface area contributed by atoms with Crippen molar-refractivity contribution in [1.82, 2.24) is 14.9 Å². The highest BCUT2D eigenvalue weighted by atomic mass is 32.2. The van der Waals surface area contributed by atoms with Gasteiger partial charge in [0.15, 0.2) is 5.16 Å². The van der Waals surface area contributed by atoms with Crippen molar-refractivity contribution < 1.29 is 4.74 Å². The summed E-state index contributed by atoms with van der Waals surface area (Å²) in [4.78, 5) is 21.1. The van der Waals surface area contributed by atoms with Crippen molar-refractivity contribution in [3.8, 4) is 0 Å². The molecule has 0 spiro atoms. The van der Waals surface area contributed by atoms with Gasteiger partial charge in [0.05, 0.1) is 13.2 Å². The minimum atomic E-state index is -0.0311. The van der Waals surface area contributed by atoms with Gasteiger partial charge >= 0.3 is 0 Å². The lowest BCUT2D eigenvalue weighted by atomic mass is 10.3. The van der Waals surface area contributed by atoms with Crippen LogP contribution in [0.1, 0.15) is 11.3 Å². The van der Waals surface area contributed by atoms with Gasteiger partial charge in [-0.3, -0.25) is 9.69 Å². The molecule has 1 aliphatic heterocycles. The molecule has 0 unspecified atom stereocenters. The number of morpholine rings is 1. The molecule has 0 saturated carbocycles. The van der Waals surface area contributed by atoms with Crippen LogP contribution >= 0.6 is 11.8 Å². The van der Waals surface area contributed by atoms with Crippen LogP contribution in [-0.2, 0) is 4.74 Å². The number of rotatable bonds is 4. The number of hydrogen-bond donors (Lipinski definition) is 1. The maximum Gasteiger partial charge on any atom is 0.254 e. The standard InChI is InChI=1S/C12H19N3O2S/c1-9-10(2)13-12(14-11(9)16)18-8-5-15-3-6-17-7-4-15/h3-8H2,1-2H3,(H,13,14,16). The van der Waals surface area contributed by atoms with E-state index in [9.17, 15) is 4.79 Å². The minimum Gasteiger partial charge on any atom is -0.379 e. The molecule has 0 radical (unpaired) electrons. The van der Waals surface area contributed by atoms with E-state index in [-0.39, 0.29) is 5.56 Å². The Labute approximate surface area is 111 Å². The minimum absolute atomic E-state index is 0.0311. The van der Waals surface area contributed by atoms with E-state index in [0.29, 0.717) is 5.56 Å². The number of aryl methyl sites for hydroxylation is 1. The molecule has 0 aliphatic carbocycles. The largest absolute Gasteiger partial charge is 0.379 e. The lowest BCUT2D eigenvalue weighted by Gasteiger charge is -2.26. The Morgan fingerprint density at radius 1 is 1.39 bits per heavy atom. The number of ether oxygens (including phenoxy) is 1. The van der Waals surface area contributed by atoms with Crippen molar-refractivity contribution in [1.29, 1.82) is 0 Å². The normalized spacial score (nSPS) is 17.0. The summed E-state index contributed by atoms with van der Waals surface area (Å²) in [5, 5.41) is 0.719. The zero-order valence-electron chi connectivity index (χ0n) is 10.9. The Kier molecular flexibility index (Phi) is 4.79. The van der Waals surface area contributed by atoms with E-state index in [0.717, 1.165) is 49.5 Å². The van der Waals surface area contributed by atoms with E-state index in [2.05, 4.69) is 14.9 Å². The molecule has 0 amide bonds. The molecule has 1 aromatic rings. The Morgan fingerprint density at radius 2 is 2.11 bits per heavy atom. The van der Waals surface area contributed by atoms with Crippen LogP contribution in [0.3, 0.4) is 0 Å². The number of thioether (sulfide) groups is 1. The summed E-state index contributed by atoms with van der Waals surface area (Å²) in [6, 6.07) is 0. The van der Waals surface area contributed by atoms with Crippen LogP contribution in [-0.4, -0.2) is 53.5 Å². The summed E-state index contributed by atoms with van der Waals surface area (Å²) in [7, 11) is 0. The SMILES string of the molecule is Cc1nc(SCCN2CCOCC2)[nH]c(=O)c1C. The van der Waals surface area contributed by atoms with Crippen LogP contribution in [0.15, 0.2) is 9.95 Å². The van der Waals surface area contributed by atoms with Crippen LogP contribution in [0.4, 0.5) is 0 Å². The predicted molar refractivity (Wildman–Crippen MR) is 72.3 cm³/mol. The zero-order valence-corrected chi connectivity index (χ0v) is 11.7. The summed E-state index contributed by atoms with van der Waals surface area (Å²) >= 11 is 1.60. The van der Waals surface area contributed by atoms with Gasteiger partial charge in [-0.1, -0.05) is 11.8 Å². The molecule has 6 heteroatoms. The second-order valence-electron chi connectivity index (χ2n) is 4.38. The first-order valence-corrected chi connectivity index (χ1v) is 7.16. The second-order valence-corrected chi connectivity index (χ2v) is 5.47. The van der Waals surface area contributed by atoms with Gasteiger partial charge in [-0.15, -0.1) is 0 Å². The second kappa shape index (κ2) is 6.36. The molecule has 0 bridgehead atoms. The average molecular weight is 269 g/mol. The summed E-state index contributed by atoms with van der Waals surface area (Å²) in [6.45, 7) is 8.31. The van der Waals surface area contributed by atoms with E-state index < -0.39 is 0 Å². The van der Waals surface area contributed by atoms with Crippen molar-refractivity contribution in [3.63, 3.8) is 0 Å². The van der Waals surface area contributed by atoms with Crippen LogP contribution in [0, 0.1) is 13.8 Å². The van der Waals surface area contributed by atoms with E-state index in [1.54, 1.807) is 18.7 Å². The molecule has 0 atom stereocenters. The molecule has 2 rings (SSSR count). The Morgan fingerprint density at radius 3 is 2.78 bits per heavy atom. The molecule has 1 aromatic heterocycles. The van der Waals surface area contributed by atoms with Crippen LogP contribution in [0.2, 0.25) is 0 Å². The maximum absolute atomic E-state index is 11.6. The number of aromatic amines is 1. The van der Waals surface area contributed by atoms with Gasteiger partial charge in [-0.05, 0) is 13.8 Å². The van der Waals surface area contributed by atoms with Crippen LogP contribution < -0.4 is 5.56 Å². The van der Waals surface area contributed by atoms with Gasteiger partial charge < -0.3 is 9.72 Å². The molecule has 1 N–H and O–H groups in total. The Bertz CT molecular complexity index is 455. The molecule has 1 aliphatic rings. The molecule has 0 aromatic carbocycles. The summed E-state index contributed by atoms with van der Waals surface area (Å²) in [5.41, 5.74) is 1.48. The zero-order chi connectivity index (χ0) is 13.0. The first-order chi connectivity index (χ1) is 8.66. The third-order valence-electron chi connectivity index (χ3n) is 3.12. The maximum atomic E-state index is 11.6. The quantitative estimate of drug-likeness (QED) is 0.647. The predicted octanol–water partition coefficient (Wildman–Crippen LogP) is 0.811. The third kappa shape index (κ3) is 3.57. The molecule has 1 saturated heterocycles. The van der Waals surface area contributed by atoms with Crippen molar-refractivity contribution in [2.75, 3.05) is 38.6 Å². The first kappa shape index (κ1) is 13.6. The molecular weight excluding hydrogens is 250 g/mol. The molecule has 2 heterocycles. The lowest BCUT2D eigenvalue weighted by Crippen LogP contribution is -2.37. The lowest BCUT2D eigenvalue weighted by molar-refractivity contribution is 0.0410. The van der Waals surface area contributed by atoms with Crippen LogP contribution in [0.25, 0.3) is 0 Å². The van der Waals surface area contributed by atoms with Gasteiger partial charge in [0.1, 0.15) is 0 Å². The topological polar surface area (TPSA) is 58.2 Å². The van der Waals surface area contributed by atoms with E-state index >= 15 is 0 Å². The number of H-pyrrole nitrogens is 1. The fourth-order valence-electron chi connectivity index (χ4n) is 1.78. The van der Waals surface area contributed by atoms with Crippen molar-refractivity contribution >= 4 is 11.8 Å². The number of nitrogens with one attached hydrogen (secondary N) is 1.